The molecule has 1 heterocycles. The fourth-order valence-corrected chi connectivity index (χ4v) is 2.84. The normalized spacial score (nSPS) is 13.4. The molecule has 116 valence electrons. The summed E-state index contributed by atoms with van der Waals surface area (Å²) >= 11 is 1.57. The lowest BCUT2D eigenvalue weighted by Gasteiger charge is -2.12. The van der Waals surface area contributed by atoms with E-state index in [1.54, 1.807) is 18.3 Å². The first-order valence-corrected chi connectivity index (χ1v) is 8.06. The van der Waals surface area contributed by atoms with E-state index in [0.717, 1.165) is 16.8 Å². The van der Waals surface area contributed by atoms with Crippen molar-refractivity contribution < 1.29 is 14.7 Å². The molecule has 2 unspecified atom stereocenters. The number of hydrogen-bond donors (Lipinski definition) is 2. The zero-order valence-electron chi connectivity index (χ0n) is 12.6. The van der Waals surface area contributed by atoms with Gasteiger partial charge in [0.1, 0.15) is 0 Å². The van der Waals surface area contributed by atoms with Crippen LogP contribution in [-0.4, -0.2) is 17.0 Å². The van der Waals surface area contributed by atoms with Crippen molar-refractivity contribution in [3.05, 3.63) is 52.2 Å². The first-order chi connectivity index (χ1) is 10.5. The monoisotopic (exact) mass is 317 g/mol. The maximum absolute atomic E-state index is 12.2. The van der Waals surface area contributed by atoms with Crippen LogP contribution in [0.3, 0.4) is 0 Å². The van der Waals surface area contributed by atoms with Crippen LogP contribution >= 0.6 is 11.3 Å². The van der Waals surface area contributed by atoms with Gasteiger partial charge in [0, 0.05) is 5.69 Å². The first-order valence-electron chi connectivity index (χ1n) is 7.12. The van der Waals surface area contributed by atoms with Crippen molar-refractivity contribution in [2.45, 2.75) is 26.2 Å². The molecule has 0 radical (unpaired) electrons. The van der Waals surface area contributed by atoms with E-state index in [1.807, 2.05) is 48.0 Å². The second-order valence-corrected chi connectivity index (χ2v) is 6.19. The van der Waals surface area contributed by atoms with Crippen LogP contribution in [0.2, 0.25) is 0 Å². The summed E-state index contributed by atoms with van der Waals surface area (Å²) in [5, 5.41) is 15.7. The highest BCUT2D eigenvalue weighted by Crippen LogP contribution is 2.21. The fourth-order valence-electron chi connectivity index (χ4n) is 2.09. The van der Waals surface area contributed by atoms with E-state index in [4.69, 9.17) is 5.11 Å². The maximum atomic E-state index is 12.2. The largest absolute Gasteiger partial charge is 0.481 e. The van der Waals surface area contributed by atoms with E-state index < -0.39 is 11.9 Å². The molecule has 2 N–H and O–H groups in total. The van der Waals surface area contributed by atoms with Crippen LogP contribution in [0.15, 0.2) is 41.1 Å². The molecule has 2 aromatic rings. The molecular formula is C17H19NO3S. The zero-order valence-corrected chi connectivity index (χ0v) is 13.4. The Morgan fingerprint density at radius 2 is 1.86 bits per heavy atom. The smallest absolute Gasteiger partial charge is 0.306 e. The van der Waals surface area contributed by atoms with Crippen LogP contribution in [0.25, 0.3) is 0 Å². The van der Waals surface area contributed by atoms with Gasteiger partial charge in [-0.25, -0.2) is 0 Å². The quantitative estimate of drug-likeness (QED) is 0.852. The van der Waals surface area contributed by atoms with Gasteiger partial charge in [-0.15, -0.1) is 0 Å². The number of benzene rings is 1. The number of carboxylic acids is 1. The summed E-state index contributed by atoms with van der Waals surface area (Å²) in [5.41, 5.74) is 2.67. The van der Waals surface area contributed by atoms with Gasteiger partial charge < -0.3 is 10.4 Å². The predicted molar refractivity (Wildman–Crippen MR) is 88.3 cm³/mol. The van der Waals surface area contributed by atoms with Gasteiger partial charge in [0.05, 0.1) is 11.8 Å². The van der Waals surface area contributed by atoms with Gasteiger partial charge in [-0.3, -0.25) is 9.59 Å². The highest BCUT2D eigenvalue weighted by molar-refractivity contribution is 7.08. The second-order valence-electron chi connectivity index (χ2n) is 5.41. The molecule has 2 rings (SSSR count). The molecule has 0 aliphatic carbocycles. The second kappa shape index (κ2) is 7.22. The van der Waals surface area contributed by atoms with E-state index >= 15 is 0 Å². The van der Waals surface area contributed by atoms with Gasteiger partial charge in [0.15, 0.2) is 0 Å². The number of rotatable bonds is 6. The van der Waals surface area contributed by atoms with E-state index in [9.17, 15) is 9.59 Å². The van der Waals surface area contributed by atoms with Gasteiger partial charge in [-0.1, -0.05) is 19.1 Å². The van der Waals surface area contributed by atoms with Crippen molar-refractivity contribution >= 4 is 28.9 Å². The lowest BCUT2D eigenvalue weighted by atomic mass is 10.0. The maximum Gasteiger partial charge on any atom is 0.306 e. The third-order valence-electron chi connectivity index (χ3n) is 3.62. The van der Waals surface area contributed by atoms with Crippen molar-refractivity contribution in [1.82, 2.24) is 0 Å². The van der Waals surface area contributed by atoms with Crippen LogP contribution in [0.4, 0.5) is 5.69 Å². The SMILES string of the molecule is CC(Cc1ccc(NC(=O)C(C)c2ccsc2)cc1)C(=O)O. The summed E-state index contributed by atoms with van der Waals surface area (Å²) < 4.78 is 0. The van der Waals surface area contributed by atoms with Crippen molar-refractivity contribution in [1.29, 1.82) is 0 Å². The molecule has 0 saturated carbocycles. The zero-order chi connectivity index (χ0) is 16.1. The van der Waals surface area contributed by atoms with Crippen molar-refractivity contribution in [3.63, 3.8) is 0 Å². The van der Waals surface area contributed by atoms with Crippen molar-refractivity contribution in [2.75, 3.05) is 5.32 Å². The van der Waals surface area contributed by atoms with Gasteiger partial charge in [-0.2, -0.15) is 11.3 Å². The lowest BCUT2D eigenvalue weighted by molar-refractivity contribution is -0.141. The Morgan fingerprint density at radius 1 is 1.18 bits per heavy atom. The predicted octanol–water partition coefficient (Wildman–Crippen LogP) is 3.75. The number of carboxylic acid groups (broad SMARTS) is 1. The molecule has 5 heteroatoms. The molecule has 0 aliphatic heterocycles. The van der Waals surface area contributed by atoms with Crippen molar-refractivity contribution in [3.8, 4) is 0 Å². The number of carbonyl (C=O) groups excluding carboxylic acids is 1. The third-order valence-corrected chi connectivity index (χ3v) is 4.32. The van der Waals surface area contributed by atoms with Crippen LogP contribution in [0, 0.1) is 5.92 Å². The molecule has 0 aliphatic rings. The number of carbonyl (C=O) groups is 2. The number of amides is 1. The molecule has 1 aromatic heterocycles. The van der Waals surface area contributed by atoms with E-state index in [-0.39, 0.29) is 11.8 Å². The molecule has 1 aromatic carbocycles. The molecule has 0 bridgehead atoms. The van der Waals surface area contributed by atoms with Crippen LogP contribution in [0.1, 0.15) is 30.9 Å². The van der Waals surface area contributed by atoms with Crippen LogP contribution < -0.4 is 5.32 Å². The molecule has 22 heavy (non-hydrogen) atoms. The van der Waals surface area contributed by atoms with Gasteiger partial charge >= 0.3 is 5.97 Å². The van der Waals surface area contributed by atoms with Crippen LogP contribution in [-0.2, 0) is 16.0 Å². The van der Waals surface area contributed by atoms with E-state index in [0.29, 0.717) is 6.42 Å². The van der Waals surface area contributed by atoms with Crippen molar-refractivity contribution in [2.24, 2.45) is 5.92 Å². The minimum absolute atomic E-state index is 0.0509. The Morgan fingerprint density at radius 3 is 2.41 bits per heavy atom. The standard InChI is InChI=1S/C17H19NO3S/c1-11(17(20)21)9-13-3-5-15(6-4-13)18-16(19)12(2)14-7-8-22-10-14/h3-8,10-12H,9H2,1-2H3,(H,18,19)(H,20,21). The topological polar surface area (TPSA) is 66.4 Å². The highest BCUT2D eigenvalue weighted by atomic mass is 32.1. The van der Waals surface area contributed by atoms with Gasteiger partial charge in [0.2, 0.25) is 5.91 Å². The molecule has 0 saturated heterocycles. The molecule has 2 atom stereocenters. The summed E-state index contributed by atoms with van der Waals surface area (Å²) in [4.78, 5) is 23.0. The Kier molecular flexibility index (Phi) is 5.33. The Balaban J connectivity index is 1.96. The van der Waals surface area contributed by atoms with Gasteiger partial charge in [-0.05, 0) is 53.4 Å². The third kappa shape index (κ3) is 4.18. The molecular weight excluding hydrogens is 298 g/mol. The Bertz CT molecular complexity index is 634. The highest BCUT2D eigenvalue weighted by Gasteiger charge is 2.16. The molecule has 4 nitrogen and oxygen atoms in total. The minimum Gasteiger partial charge on any atom is -0.481 e. The Labute approximate surface area is 133 Å². The molecule has 1 amide bonds. The van der Waals surface area contributed by atoms with Gasteiger partial charge in [0.25, 0.3) is 0 Å². The number of anilines is 1. The summed E-state index contributed by atoms with van der Waals surface area (Å²) in [5.74, 6) is -1.47. The summed E-state index contributed by atoms with van der Waals surface area (Å²) in [6.07, 6.45) is 0.481. The average molecular weight is 317 g/mol. The average Bonchev–Trinajstić information content (AvgIpc) is 3.02. The van der Waals surface area contributed by atoms with E-state index in [1.165, 1.54) is 0 Å². The number of thiophene rings is 1. The molecule has 0 spiro atoms. The summed E-state index contributed by atoms with van der Waals surface area (Å²) in [6, 6.07) is 9.27. The Hall–Kier alpha value is -2.14. The lowest BCUT2D eigenvalue weighted by Crippen LogP contribution is -2.18. The number of aliphatic carboxylic acids is 1. The first kappa shape index (κ1) is 16.2. The molecule has 0 fully saturated rings. The number of hydrogen-bond acceptors (Lipinski definition) is 3. The minimum atomic E-state index is -0.804. The van der Waals surface area contributed by atoms with E-state index in [2.05, 4.69) is 5.32 Å². The summed E-state index contributed by atoms with van der Waals surface area (Å²) in [7, 11) is 0. The van der Waals surface area contributed by atoms with Crippen LogP contribution in [0.5, 0.6) is 0 Å². The number of nitrogens with one attached hydrogen (secondary N) is 1. The summed E-state index contributed by atoms with van der Waals surface area (Å²) in [6.45, 7) is 3.56. The fraction of sp³-hybridized carbons (Fsp3) is 0.294.